The van der Waals surface area contributed by atoms with Crippen molar-refractivity contribution < 1.29 is 18.0 Å². The number of carbonyl (C=O) groups excluding carboxylic acids is 2. The first kappa shape index (κ1) is 23.5. The topological polar surface area (TPSA) is 95.6 Å². The van der Waals surface area contributed by atoms with Gasteiger partial charge in [0.25, 0.3) is 0 Å². The van der Waals surface area contributed by atoms with Gasteiger partial charge in [0, 0.05) is 29.9 Å². The summed E-state index contributed by atoms with van der Waals surface area (Å²) in [4.78, 5) is 23.9. The van der Waals surface area contributed by atoms with Gasteiger partial charge in [0.05, 0.1) is 11.4 Å². The molecule has 0 bridgehead atoms. The zero-order valence-electron chi connectivity index (χ0n) is 17.3. The Morgan fingerprint density at radius 1 is 0.844 bits per heavy atom. The molecular formula is C23H22ClN3O4S. The van der Waals surface area contributed by atoms with Gasteiger partial charge in [-0.1, -0.05) is 48.0 Å². The van der Waals surface area contributed by atoms with E-state index in [1.807, 2.05) is 6.07 Å². The monoisotopic (exact) mass is 471 g/mol. The van der Waals surface area contributed by atoms with E-state index in [2.05, 4.69) is 10.6 Å². The Kier molecular flexibility index (Phi) is 7.63. The molecule has 3 aromatic rings. The lowest BCUT2D eigenvalue weighted by Gasteiger charge is -2.22. The fourth-order valence-electron chi connectivity index (χ4n) is 2.99. The predicted molar refractivity (Wildman–Crippen MR) is 125 cm³/mol. The molecule has 0 saturated heterocycles. The molecule has 0 atom stereocenters. The number of halogens is 1. The summed E-state index contributed by atoms with van der Waals surface area (Å²) in [5.74, 6) is -0.750. The van der Waals surface area contributed by atoms with Crippen molar-refractivity contribution >= 4 is 44.8 Å². The van der Waals surface area contributed by atoms with Gasteiger partial charge in [0.15, 0.2) is 0 Å². The number of rotatable bonds is 8. The largest absolute Gasteiger partial charge is 0.326 e. The molecule has 0 aliphatic rings. The van der Waals surface area contributed by atoms with Crippen molar-refractivity contribution in [3.63, 3.8) is 0 Å². The third-order valence-corrected chi connectivity index (χ3v) is 6.67. The van der Waals surface area contributed by atoms with Crippen LogP contribution in [0.25, 0.3) is 0 Å². The number of anilines is 2. The Balaban J connectivity index is 1.88. The normalized spacial score (nSPS) is 11.2. The molecule has 0 saturated carbocycles. The number of para-hydroxylation sites is 1. The number of sulfonamides is 1. The molecule has 0 aliphatic carbocycles. The van der Waals surface area contributed by atoms with Crippen LogP contribution >= 0.6 is 11.6 Å². The van der Waals surface area contributed by atoms with E-state index in [0.29, 0.717) is 22.0 Å². The third kappa shape index (κ3) is 6.16. The lowest BCUT2D eigenvalue weighted by Crippen LogP contribution is -2.37. The number of benzene rings is 3. The highest BCUT2D eigenvalue weighted by Gasteiger charge is 2.27. The molecule has 2 N–H and O–H groups in total. The minimum absolute atomic E-state index is 0.00818. The highest BCUT2D eigenvalue weighted by atomic mass is 35.5. The quantitative estimate of drug-likeness (QED) is 0.516. The van der Waals surface area contributed by atoms with Crippen LogP contribution in [-0.4, -0.2) is 31.1 Å². The van der Waals surface area contributed by atoms with Crippen molar-refractivity contribution in [2.45, 2.75) is 18.4 Å². The maximum atomic E-state index is 13.4. The zero-order chi connectivity index (χ0) is 23.1. The van der Waals surface area contributed by atoms with Crippen molar-refractivity contribution in [3.8, 4) is 0 Å². The van der Waals surface area contributed by atoms with E-state index in [4.69, 9.17) is 11.6 Å². The maximum Gasteiger partial charge on any atom is 0.243 e. The summed E-state index contributed by atoms with van der Waals surface area (Å²) >= 11 is 6.24. The minimum atomic E-state index is -4.05. The second-order valence-electron chi connectivity index (χ2n) is 6.98. The van der Waals surface area contributed by atoms with E-state index in [9.17, 15) is 18.0 Å². The fraction of sp³-hybridized carbons (Fsp3) is 0.130. The number of nitrogens with one attached hydrogen (secondary N) is 2. The molecule has 0 aliphatic heterocycles. The van der Waals surface area contributed by atoms with E-state index in [0.717, 1.165) is 4.31 Å². The molecule has 0 fully saturated rings. The van der Waals surface area contributed by atoms with Gasteiger partial charge in [-0.05, 0) is 48.0 Å². The van der Waals surface area contributed by atoms with Crippen molar-refractivity contribution in [2.24, 2.45) is 0 Å². The average Bonchev–Trinajstić information content (AvgIpc) is 2.75. The average molecular weight is 472 g/mol. The van der Waals surface area contributed by atoms with Crippen LogP contribution in [0.3, 0.4) is 0 Å². The van der Waals surface area contributed by atoms with Crippen LogP contribution in [0, 0.1) is 0 Å². The molecule has 9 heteroatoms. The zero-order valence-corrected chi connectivity index (χ0v) is 18.9. The molecule has 0 radical (unpaired) electrons. The highest BCUT2D eigenvalue weighted by molar-refractivity contribution is 7.89. The molecular weight excluding hydrogens is 450 g/mol. The van der Waals surface area contributed by atoms with E-state index >= 15 is 0 Å². The molecule has 0 spiro atoms. The number of hydrogen-bond acceptors (Lipinski definition) is 4. The lowest BCUT2D eigenvalue weighted by molar-refractivity contribution is -0.116. The number of amides is 2. The minimum Gasteiger partial charge on any atom is -0.326 e. The summed E-state index contributed by atoms with van der Waals surface area (Å²) in [6, 6.07) is 21.4. The van der Waals surface area contributed by atoms with Crippen molar-refractivity contribution in [3.05, 3.63) is 89.4 Å². The Morgan fingerprint density at radius 2 is 1.44 bits per heavy atom. The van der Waals surface area contributed by atoms with E-state index in [-0.39, 0.29) is 17.3 Å². The molecule has 3 aromatic carbocycles. The summed E-state index contributed by atoms with van der Waals surface area (Å²) in [5, 5.41) is 5.69. The van der Waals surface area contributed by atoms with Gasteiger partial charge < -0.3 is 10.6 Å². The number of nitrogens with zero attached hydrogens (tertiary/aromatic N) is 1. The molecule has 32 heavy (non-hydrogen) atoms. The number of carbonyl (C=O) groups is 2. The van der Waals surface area contributed by atoms with E-state index < -0.39 is 22.5 Å². The predicted octanol–water partition coefficient (Wildman–Crippen LogP) is 4.13. The highest BCUT2D eigenvalue weighted by Crippen LogP contribution is 2.23. The van der Waals surface area contributed by atoms with E-state index in [1.54, 1.807) is 48.5 Å². The van der Waals surface area contributed by atoms with Gasteiger partial charge >= 0.3 is 0 Å². The Hall–Kier alpha value is -3.20. The van der Waals surface area contributed by atoms with Crippen LogP contribution in [0.5, 0.6) is 0 Å². The standard InChI is InChI=1S/C23H22ClN3O4S/c1-17(28)25-20-11-13-21(14-12-20)32(30,31)27(15-18-7-5-6-10-22(18)24)16-23(29)26-19-8-3-2-4-9-19/h2-14H,15-16H2,1H3,(H,25,28)(H,26,29). The van der Waals surface area contributed by atoms with Crippen molar-refractivity contribution in [1.29, 1.82) is 0 Å². The smallest absolute Gasteiger partial charge is 0.243 e. The molecule has 2 amide bonds. The van der Waals surface area contributed by atoms with Crippen LogP contribution in [0.1, 0.15) is 12.5 Å². The summed E-state index contributed by atoms with van der Waals surface area (Å²) < 4.78 is 27.8. The SMILES string of the molecule is CC(=O)Nc1ccc(S(=O)(=O)N(CC(=O)Nc2ccccc2)Cc2ccccc2Cl)cc1. The second-order valence-corrected chi connectivity index (χ2v) is 9.33. The Morgan fingerprint density at radius 3 is 2.06 bits per heavy atom. The first-order chi connectivity index (χ1) is 15.3. The Labute approximate surface area is 192 Å². The summed E-state index contributed by atoms with van der Waals surface area (Å²) in [6.45, 7) is 0.870. The molecule has 3 rings (SSSR count). The molecule has 0 heterocycles. The van der Waals surface area contributed by atoms with Crippen LogP contribution < -0.4 is 10.6 Å². The number of hydrogen-bond donors (Lipinski definition) is 2. The van der Waals surface area contributed by atoms with Crippen LogP contribution in [-0.2, 0) is 26.2 Å². The van der Waals surface area contributed by atoms with Gasteiger partial charge in [-0.15, -0.1) is 0 Å². The van der Waals surface area contributed by atoms with Crippen LogP contribution in [0.2, 0.25) is 5.02 Å². The van der Waals surface area contributed by atoms with Crippen LogP contribution in [0.15, 0.2) is 83.8 Å². The second kappa shape index (κ2) is 10.4. The van der Waals surface area contributed by atoms with Gasteiger partial charge in [-0.3, -0.25) is 9.59 Å². The summed E-state index contributed by atoms with van der Waals surface area (Å²) in [7, 11) is -4.05. The molecule has 0 aromatic heterocycles. The van der Waals surface area contributed by atoms with Crippen LogP contribution in [0.4, 0.5) is 11.4 Å². The van der Waals surface area contributed by atoms with Gasteiger partial charge in [-0.25, -0.2) is 8.42 Å². The fourth-order valence-corrected chi connectivity index (χ4v) is 4.56. The summed E-state index contributed by atoms with van der Waals surface area (Å²) in [5.41, 5.74) is 1.60. The van der Waals surface area contributed by atoms with Crippen molar-refractivity contribution in [1.82, 2.24) is 4.31 Å². The first-order valence-corrected chi connectivity index (χ1v) is 11.5. The van der Waals surface area contributed by atoms with E-state index in [1.165, 1.54) is 31.2 Å². The molecule has 166 valence electrons. The van der Waals surface area contributed by atoms with Crippen molar-refractivity contribution in [2.75, 3.05) is 17.2 Å². The molecule has 0 unspecified atom stereocenters. The molecule has 7 nitrogen and oxygen atoms in total. The summed E-state index contributed by atoms with van der Waals surface area (Å²) in [6.07, 6.45) is 0. The lowest BCUT2D eigenvalue weighted by atomic mass is 10.2. The Bertz CT molecular complexity index is 1200. The maximum absolute atomic E-state index is 13.4. The first-order valence-electron chi connectivity index (χ1n) is 9.72. The van der Waals surface area contributed by atoms with Gasteiger partial charge in [-0.2, -0.15) is 4.31 Å². The third-order valence-electron chi connectivity index (χ3n) is 4.49. The van der Waals surface area contributed by atoms with Gasteiger partial charge in [0.1, 0.15) is 0 Å². The van der Waals surface area contributed by atoms with Gasteiger partial charge in [0.2, 0.25) is 21.8 Å².